The summed E-state index contributed by atoms with van der Waals surface area (Å²) in [4.78, 5) is 0. The molecule has 0 saturated carbocycles. The van der Waals surface area contributed by atoms with Gasteiger partial charge in [-0.25, -0.2) is 0 Å². The van der Waals surface area contributed by atoms with Gasteiger partial charge in [-0.05, 0) is 25.7 Å². The Bertz CT molecular complexity index is 63.1. The third-order valence-corrected chi connectivity index (χ3v) is 1.86. The molecule has 1 atom stereocenters. The van der Waals surface area contributed by atoms with Crippen molar-refractivity contribution in [2.45, 2.75) is 45.6 Å². The van der Waals surface area contributed by atoms with Gasteiger partial charge in [-0.15, -0.1) is 0 Å². The van der Waals surface area contributed by atoms with Gasteiger partial charge >= 0.3 is 0 Å². The number of hydrogen-bond acceptors (Lipinski definition) is 1. The van der Waals surface area contributed by atoms with Gasteiger partial charge in [-0.2, -0.15) is 0 Å². The molecule has 0 aliphatic carbocycles. The predicted octanol–water partition coefficient (Wildman–Crippen LogP) is 2.40. The van der Waals surface area contributed by atoms with Crippen molar-refractivity contribution in [2.24, 2.45) is 5.92 Å². The Labute approximate surface area is 64.5 Å². The molecule has 0 fully saturated rings. The molecule has 0 aromatic rings. The minimum Gasteiger partial charge on any atom is -0.393 e. The highest BCUT2D eigenvalue weighted by molar-refractivity contribution is 4.69. The van der Waals surface area contributed by atoms with Crippen LogP contribution in [0, 0.1) is 12.8 Å². The maximum atomic E-state index is 9.16. The first-order valence-corrected chi connectivity index (χ1v) is 4.23. The van der Waals surface area contributed by atoms with Crippen LogP contribution in [0.5, 0.6) is 0 Å². The lowest BCUT2D eigenvalue weighted by Crippen LogP contribution is -2.16. The van der Waals surface area contributed by atoms with Crippen LogP contribution in [-0.4, -0.2) is 11.2 Å². The second-order valence-corrected chi connectivity index (χ2v) is 2.90. The Morgan fingerprint density at radius 3 is 1.80 bits per heavy atom. The highest BCUT2D eigenvalue weighted by Gasteiger charge is 2.11. The second kappa shape index (κ2) is 5.72. The van der Waals surface area contributed by atoms with Gasteiger partial charge in [-0.3, -0.25) is 0 Å². The lowest BCUT2D eigenvalue weighted by atomic mass is 9.93. The molecule has 1 radical (unpaired) electrons. The molecule has 0 heterocycles. The van der Waals surface area contributed by atoms with E-state index in [2.05, 4.69) is 20.8 Å². The molecule has 0 saturated heterocycles. The lowest BCUT2D eigenvalue weighted by molar-refractivity contribution is 0.136. The number of aliphatic hydroxyl groups is 1. The van der Waals surface area contributed by atoms with E-state index in [1.807, 2.05) is 0 Å². The zero-order chi connectivity index (χ0) is 7.98. The summed E-state index contributed by atoms with van der Waals surface area (Å²) < 4.78 is 0. The fraction of sp³-hybridized carbons (Fsp3) is 0.889. The van der Waals surface area contributed by atoms with Gasteiger partial charge < -0.3 is 5.11 Å². The van der Waals surface area contributed by atoms with E-state index in [0.717, 1.165) is 25.7 Å². The number of hydrogen-bond donors (Lipinski definition) is 1. The molecule has 0 aromatic heterocycles. The van der Waals surface area contributed by atoms with Crippen molar-refractivity contribution in [3.8, 4) is 0 Å². The monoisotopic (exact) mass is 143 g/mol. The van der Waals surface area contributed by atoms with Crippen LogP contribution in [0.4, 0.5) is 0 Å². The summed E-state index contributed by atoms with van der Waals surface area (Å²) in [7, 11) is 0. The van der Waals surface area contributed by atoms with E-state index in [-0.39, 0.29) is 6.10 Å². The van der Waals surface area contributed by atoms with Crippen LogP contribution in [0.15, 0.2) is 0 Å². The molecule has 1 unspecified atom stereocenters. The van der Waals surface area contributed by atoms with Crippen molar-refractivity contribution in [1.29, 1.82) is 0 Å². The van der Waals surface area contributed by atoms with E-state index in [9.17, 15) is 0 Å². The van der Waals surface area contributed by atoms with Crippen LogP contribution in [0.3, 0.4) is 0 Å². The first-order chi connectivity index (χ1) is 4.72. The first-order valence-electron chi connectivity index (χ1n) is 4.23. The molecular weight excluding hydrogens is 124 g/mol. The van der Waals surface area contributed by atoms with Gasteiger partial charge in [-0.1, -0.05) is 26.7 Å². The second-order valence-electron chi connectivity index (χ2n) is 2.90. The van der Waals surface area contributed by atoms with E-state index in [4.69, 9.17) is 5.11 Å². The molecule has 0 spiro atoms. The maximum Gasteiger partial charge on any atom is 0.0569 e. The molecule has 0 aromatic carbocycles. The Hall–Kier alpha value is -0.0400. The molecule has 1 nitrogen and oxygen atoms in total. The van der Waals surface area contributed by atoms with Crippen LogP contribution in [-0.2, 0) is 0 Å². The van der Waals surface area contributed by atoms with Gasteiger partial charge in [0.05, 0.1) is 6.10 Å². The Morgan fingerprint density at radius 2 is 1.60 bits per heavy atom. The quantitative estimate of drug-likeness (QED) is 0.626. The fourth-order valence-electron chi connectivity index (χ4n) is 1.27. The Kier molecular flexibility index (Phi) is 5.70. The average Bonchev–Trinajstić information content (AvgIpc) is 1.87. The molecule has 10 heavy (non-hydrogen) atoms. The molecule has 0 bridgehead atoms. The van der Waals surface area contributed by atoms with Gasteiger partial charge in [0.25, 0.3) is 0 Å². The summed E-state index contributed by atoms with van der Waals surface area (Å²) in [6, 6.07) is 0. The van der Waals surface area contributed by atoms with Crippen LogP contribution in [0.1, 0.15) is 39.5 Å². The van der Waals surface area contributed by atoms with Crippen molar-refractivity contribution >= 4 is 0 Å². The topological polar surface area (TPSA) is 20.2 Å². The Morgan fingerprint density at radius 1 is 1.20 bits per heavy atom. The van der Waals surface area contributed by atoms with E-state index in [0.29, 0.717) is 5.92 Å². The van der Waals surface area contributed by atoms with E-state index >= 15 is 0 Å². The van der Waals surface area contributed by atoms with Crippen molar-refractivity contribution in [1.82, 2.24) is 0 Å². The van der Waals surface area contributed by atoms with Crippen LogP contribution in [0.2, 0.25) is 0 Å². The largest absolute Gasteiger partial charge is 0.393 e. The third kappa shape index (κ3) is 3.89. The van der Waals surface area contributed by atoms with E-state index in [1.54, 1.807) is 0 Å². The highest BCUT2D eigenvalue weighted by Crippen LogP contribution is 2.16. The summed E-state index contributed by atoms with van der Waals surface area (Å²) in [5.41, 5.74) is 0. The predicted molar refractivity (Wildman–Crippen MR) is 44.7 cm³/mol. The molecule has 1 N–H and O–H groups in total. The Balaban J connectivity index is 3.50. The van der Waals surface area contributed by atoms with Crippen molar-refractivity contribution in [2.75, 3.05) is 0 Å². The fourth-order valence-corrected chi connectivity index (χ4v) is 1.27. The molecule has 0 aliphatic heterocycles. The summed E-state index contributed by atoms with van der Waals surface area (Å²) in [5.74, 6) is 0.426. The third-order valence-electron chi connectivity index (χ3n) is 1.86. The van der Waals surface area contributed by atoms with Gasteiger partial charge in [0.2, 0.25) is 0 Å². The van der Waals surface area contributed by atoms with Crippen LogP contribution in [0.25, 0.3) is 0 Å². The van der Waals surface area contributed by atoms with Crippen molar-refractivity contribution in [3.63, 3.8) is 0 Å². The standard InChI is InChI=1S/C9H19O/c1-4-6-9(7-5-2)8(3)10/h8-10H,3-7H2,1-2H3. The highest BCUT2D eigenvalue weighted by atomic mass is 16.3. The number of aliphatic hydroxyl groups excluding tert-OH is 1. The smallest absolute Gasteiger partial charge is 0.0569 e. The molecular formula is C9H19O. The zero-order valence-corrected chi connectivity index (χ0v) is 7.14. The maximum absolute atomic E-state index is 9.16. The van der Waals surface area contributed by atoms with Crippen molar-refractivity contribution in [3.05, 3.63) is 6.92 Å². The van der Waals surface area contributed by atoms with Crippen LogP contribution < -0.4 is 0 Å². The van der Waals surface area contributed by atoms with Crippen molar-refractivity contribution < 1.29 is 5.11 Å². The molecule has 0 aliphatic rings. The van der Waals surface area contributed by atoms with Gasteiger partial charge in [0.15, 0.2) is 0 Å². The normalized spacial score (nSPS) is 14.1. The lowest BCUT2D eigenvalue weighted by Gasteiger charge is -2.17. The minimum absolute atomic E-state index is 0.361. The van der Waals surface area contributed by atoms with Gasteiger partial charge in [0.1, 0.15) is 0 Å². The van der Waals surface area contributed by atoms with E-state index in [1.165, 1.54) is 0 Å². The number of rotatable bonds is 5. The molecule has 0 amide bonds. The summed E-state index contributed by atoms with van der Waals surface area (Å²) in [6.45, 7) is 7.92. The summed E-state index contributed by atoms with van der Waals surface area (Å²) in [5, 5.41) is 9.16. The zero-order valence-electron chi connectivity index (χ0n) is 7.14. The van der Waals surface area contributed by atoms with E-state index < -0.39 is 0 Å². The molecule has 1 heteroatoms. The van der Waals surface area contributed by atoms with Crippen LogP contribution >= 0.6 is 0 Å². The molecule has 61 valence electrons. The SMILES string of the molecule is [CH2]C(O)C(CCC)CCC. The van der Waals surface area contributed by atoms with Gasteiger partial charge in [0, 0.05) is 0 Å². The first kappa shape index (κ1) is 9.96. The molecule has 0 rings (SSSR count). The minimum atomic E-state index is -0.361. The summed E-state index contributed by atoms with van der Waals surface area (Å²) in [6.07, 6.45) is 4.16. The summed E-state index contributed by atoms with van der Waals surface area (Å²) >= 11 is 0. The average molecular weight is 143 g/mol.